The summed E-state index contributed by atoms with van der Waals surface area (Å²) < 4.78 is 0. The molecule has 52 heavy (non-hydrogen) atoms. The lowest BCUT2D eigenvalue weighted by atomic mass is 9.82. The van der Waals surface area contributed by atoms with Crippen LogP contribution in [-0.4, -0.2) is 54.1 Å². The van der Waals surface area contributed by atoms with Crippen LogP contribution in [0.15, 0.2) is 72.8 Å². The van der Waals surface area contributed by atoms with E-state index in [1.54, 1.807) is 0 Å². The highest BCUT2D eigenvalue weighted by Gasteiger charge is 2.36. The Balaban J connectivity index is 1.10. The zero-order chi connectivity index (χ0) is 36.1. The van der Waals surface area contributed by atoms with Crippen LogP contribution in [0.25, 0.3) is 43.1 Å². The van der Waals surface area contributed by atoms with Gasteiger partial charge in [-0.25, -0.2) is 0 Å². The predicted molar refractivity (Wildman–Crippen MR) is 210 cm³/mol. The third kappa shape index (κ3) is 5.49. The number of nitrogens with zero attached hydrogens (tertiary/aromatic N) is 3. The Hall–Kier alpha value is -5.30. The van der Waals surface area contributed by atoms with Crippen LogP contribution in [0.4, 0.5) is 5.69 Å². The van der Waals surface area contributed by atoms with Crippen LogP contribution in [0.1, 0.15) is 118 Å². The standard InChI is InChI=1S/C45H45N3O4/c1-4-5-6-7-8-9-10-11-12-13-26-47-42(49)34-22-18-30-32-20-24-36-41-37(45(52)48(44(36)51)27-28-14-16-29(17-15-28)46(2)3)25-21-33(39(32)41)31-19-23-35(43(47)50)40(34)38(30)31/h14-25H,4-13,26-27H2,1-3H3. The molecule has 0 saturated carbocycles. The van der Waals surface area contributed by atoms with E-state index in [-0.39, 0.29) is 30.2 Å². The number of anilines is 1. The Labute approximate surface area is 304 Å². The molecule has 0 saturated heterocycles. The lowest BCUT2D eigenvalue weighted by Crippen LogP contribution is -2.40. The molecule has 8 rings (SSSR count). The van der Waals surface area contributed by atoms with Crippen LogP contribution in [0.5, 0.6) is 0 Å². The van der Waals surface area contributed by atoms with Crippen molar-refractivity contribution in [3.05, 3.63) is 101 Å². The molecule has 7 heteroatoms. The van der Waals surface area contributed by atoms with Crippen LogP contribution < -0.4 is 4.90 Å². The molecular weight excluding hydrogens is 647 g/mol. The van der Waals surface area contributed by atoms with Crippen molar-refractivity contribution in [2.75, 3.05) is 25.5 Å². The first-order valence-corrected chi connectivity index (χ1v) is 19.0. The SMILES string of the molecule is CCCCCCCCCCCCN1C(=O)c2ccc3c4ccc5c6c(ccc(c7ccc(c2c37)C1=O)c64)C(=O)N(Cc1ccc(N(C)C)cc1)C5=O. The number of hydrogen-bond donors (Lipinski definition) is 0. The summed E-state index contributed by atoms with van der Waals surface area (Å²) in [5.41, 5.74) is 4.03. The molecule has 0 unspecified atom stereocenters. The molecule has 7 nitrogen and oxygen atoms in total. The average Bonchev–Trinajstić information content (AvgIpc) is 3.16. The number of carbonyl (C=O) groups excluding carboxylic acids is 4. The molecule has 6 aromatic rings. The minimum Gasteiger partial charge on any atom is -0.378 e. The van der Waals surface area contributed by atoms with Gasteiger partial charge in [-0.05, 0) is 80.7 Å². The number of carbonyl (C=O) groups is 4. The molecule has 0 radical (unpaired) electrons. The highest BCUT2D eigenvalue weighted by Crippen LogP contribution is 2.46. The smallest absolute Gasteiger partial charge is 0.261 e. The van der Waals surface area contributed by atoms with E-state index in [9.17, 15) is 19.2 Å². The molecule has 0 N–H and O–H groups in total. The van der Waals surface area contributed by atoms with Crippen molar-refractivity contribution in [3.8, 4) is 0 Å². The average molecular weight is 692 g/mol. The lowest BCUT2D eigenvalue weighted by Gasteiger charge is -2.30. The van der Waals surface area contributed by atoms with Crippen molar-refractivity contribution in [3.63, 3.8) is 0 Å². The molecule has 0 bridgehead atoms. The maximum atomic E-state index is 14.0. The molecule has 0 fully saturated rings. The van der Waals surface area contributed by atoms with Gasteiger partial charge < -0.3 is 4.90 Å². The van der Waals surface area contributed by atoms with E-state index in [1.165, 1.54) is 54.7 Å². The minimum absolute atomic E-state index is 0.182. The monoisotopic (exact) mass is 691 g/mol. The number of rotatable bonds is 14. The van der Waals surface area contributed by atoms with Crippen molar-refractivity contribution in [1.82, 2.24) is 9.80 Å². The van der Waals surface area contributed by atoms with E-state index in [0.29, 0.717) is 39.6 Å². The molecule has 4 amide bonds. The van der Waals surface area contributed by atoms with Crippen molar-refractivity contribution in [1.29, 1.82) is 0 Å². The van der Waals surface area contributed by atoms with E-state index in [4.69, 9.17) is 0 Å². The minimum atomic E-state index is -0.312. The molecule has 264 valence electrons. The van der Waals surface area contributed by atoms with Crippen molar-refractivity contribution in [2.24, 2.45) is 0 Å². The van der Waals surface area contributed by atoms with Crippen LogP contribution in [0.3, 0.4) is 0 Å². The summed E-state index contributed by atoms with van der Waals surface area (Å²) in [5.74, 6) is -1.10. The first kappa shape index (κ1) is 33.8. The van der Waals surface area contributed by atoms with E-state index in [0.717, 1.165) is 62.8 Å². The zero-order valence-electron chi connectivity index (χ0n) is 30.4. The molecule has 0 aromatic heterocycles. The Bertz CT molecular complexity index is 2270. The fourth-order valence-corrected chi connectivity index (χ4v) is 8.55. The normalized spacial score (nSPS) is 14.3. The number of hydrogen-bond acceptors (Lipinski definition) is 5. The van der Waals surface area contributed by atoms with Gasteiger partial charge in [-0.15, -0.1) is 0 Å². The summed E-state index contributed by atoms with van der Waals surface area (Å²) in [6, 6.07) is 23.1. The van der Waals surface area contributed by atoms with Gasteiger partial charge in [0.1, 0.15) is 0 Å². The predicted octanol–water partition coefficient (Wildman–Crippen LogP) is 10.1. The number of imide groups is 2. The molecular formula is C45H45N3O4. The highest BCUT2D eigenvalue weighted by atomic mass is 16.2. The largest absolute Gasteiger partial charge is 0.378 e. The first-order valence-electron chi connectivity index (χ1n) is 19.0. The van der Waals surface area contributed by atoms with Crippen molar-refractivity contribution in [2.45, 2.75) is 77.7 Å². The topological polar surface area (TPSA) is 78.0 Å². The van der Waals surface area contributed by atoms with Crippen LogP contribution >= 0.6 is 0 Å². The number of amides is 4. The van der Waals surface area contributed by atoms with E-state index >= 15 is 0 Å². The lowest BCUT2D eigenvalue weighted by molar-refractivity contribution is 0.0587. The molecule has 2 heterocycles. The molecule has 0 aliphatic carbocycles. The van der Waals surface area contributed by atoms with Crippen molar-refractivity contribution < 1.29 is 19.2 Å². The second kappa shape index (κ2) is 13.7. The maximum Gasteiger partial charge on any atom is 0.261 e. The van der Waals surface area contributed by atoms with Gasteiger partial charge in [-0.3, -0.25) is 29.0 Å². The summed E-state index contributed by atoms with van der Waals surface area (Å²) in [6.07, 6.45) is 11.9. The number of benzene rings is 6. The van der Waals surface area contributed by atoms with Gasteiger partial charge in [-0.2, -0.15) is 0 Å². The highest BCUT2D eigenvalue weighted by molar-refractivity contribution is 6.41. The van der Waals surface area contributed by atoms with Gasteiger partial charge in [0.15, 0.2) is 0 Å². The number of fused-ring (bicyclic) bond motifs is 2. The molecule has 0 atom stereocenters. The number of unbranched alkanes of at least 4 members (excludes halogenated alkanes) is 9. The molecule has 2 aliphatic heterocycles. The fraction of sp³-hybridized carbons (Fsp3) is 0.333. The molecule has 2 aliphatic rings. The summed E-state index contributed by atoms with van der Waals surface area (Å²) in [7, 11) is 3.95. The van der Waals surface area contributed by atoms with Crippen molar-refractivity contribution >= 4 is 72.4 Å². The summed E-state index contributed by atoms with van der Waals surface area (Å²) in [5, 5.41) is 6.69. The van der Waals surface area contributed by atoms with Gasteiger partial charge in [0.05, 0.1) is 6.54 Å². The summed E-state index contributed by atoms with van der Waals surface area (Å²) in [6.45, 7) is 2.85. The Morgan fingerprint density at radius 3 is 1.23 bits per heavy atom. The van der Waals surface area contributed by atoms with Gasteiger partial charge in [0, 0.05) is 59.4 Å². The Morgan fingerprint density at radius 2 is 0.827 bits per heavy atom. The van der Waals surface area contributed by atoms with Gasteiger partial charge in [0.25, 0.3) is 23.6 Å². The van der Waals surface area contributed by atoms with E-state index in [2.05, 4.69) is 6.92 Å². The summed E-state index contributed by atoms with van der Waals surface area (Å²) in [4.78, 5) is 60.6. The van der Waals surface area contributed by atoms with E-state index < -0.39 is 0 Å². The first-order chi connectivity index (χ1) is 25.3. The second-order valence-corrected chi connectivity index (χ2v) is 14.8. The third-order valence-electron chi connectivity index (χ3n) is 11.3. The zero-order valence-corrected chi connectivity index (χ0v) is 30.4. The van der Waals surface area contributed by atoms with Gasteiger partial charge in [0.2, 0.25) is 0 Å². The summed E-state index contributed by atoms with van der Waals surface area (Å²) >= 11 is 0. The van der Waals surface area contributed by atoms with Crippen LogP contribution in [0, 0.1) is 0 Å². The van der Waals surface area contributed by atoms with Crippen LogP contribution in [-0.2, 0) is 6.54 Å². The van der Waals surface area contributed by atoms with Gasteiger partial charge >= 0.3 is 0 Å². The quantitative estimate of drug-likeness (QED) is 0.0492. The molecule has 6 aromatic carbocycles. The maximum absolute atomic E-state index is 14.0. The second-order valence-electron chi connectivity index (χ2n) is 14.8. The van der Waals surface area contributed by atoms with E-state index in [1.807, 2.05) is 91.8 Å². The van der Waals surface area contributed by atoms with Gasteiger partial charge in [-0.1, -0.05) is 101 Å². The molecule has 0 spiro atoms. The fourth-order valence-electron chi connectivity index (χ4n) is 8.55. The van der Waals surface area contributed by atoms with Crippen LogP contribution in [0.2, 0.25) is 0 Å². The third-order valence-corrected chi connectivity index (χ3v) is 11.3. The Morgan fingerprint density at radius 1 is 0.442 bits per heavy atom. The Kier molecular flexibility index (Phi) is 8.90.